The van der Waals surface area contributed by atoms with Crippen molar-refractivity contribution in [3.63, 3.8) is 0 Å². The Balaban J connectivity index is 2.52. The van der Waals surface area contributed by atoms with Crippen molar-refractivity contribution in [2.45, 2.75) is 52.1 Å². The summed E-state index contributed by atoms with van der Waals surface area (Å²) in [7, 11) is 2.78. The first kappa shape index (κ1) is 22.4. The number of rotatable bonds is 2. The van der Waals surface area contributed by atoms with Crippen LogP contribution in [0.4, 0.5) is 0 Å². The monoisotopic (exact) mass is 406 g/mol. The number of carbonyl (C=O) groups is 4. The second-order valence-corrected chi connectivity index (χ2v) is 7.14. The number of carbonyl (C=O) groups excluding carboxylic acids is 4. The molecular weight excluding hydrogens is 380 g/mol. The lowest BCUT2D eigenvalue weighted by Gasteiger charge is -2.23. The SMILES string of the molecule is COc1cc(O)c2c(c1OC)CCCC(=O)C(=O)C(=O)CC[C@H](C)[C@H](C)OC2=O. The van der Waals surface area contributed by atoms with E-state index in [1.165, 1.54) is 20.3 Å². The number of hydrogen-bond donors (Lipinski definition) is 1. The number of benzene rings is 1. The normalized spacial score (nSPS) is 21.8. The summed E-state index contributed by atoms with van der Waals surface area (Å²) in [6, 6.07) is 1.27. The van der Waals surface area contributed by atoms with Crippen molar-refractivity contribution in [2.75, 3.05) is 14.2 Å². The van der Waals surface area contributed by atoms with Crippen LogP contribution in [0.25, 0.3) is 0 Å². The number of phenolic OH excluding ortho intramolecular Hbond substituents is 1. The van der Waals surface area contributed by atoms with Crippen LogP contribution in [0.3, 0.4) is 0 Å². The van der Waals surface area contributed by atoms with Gasteiger partial charge in [0.2, 0.25) is 11.6 Å². The number of esters is 1. The first-order chi connectivity index (χ1) is 13.7. The minimum absolute atomic E-state index is 0.0615. The number of aromatic hydroxyl groups is 1. The summed E-state index contributed by atoms with van der Waals surface area (Å²) < 4.78 is 16.1. The Labute approximate surface area is 169 Å². The van der Waals surface area contributed by atoms with E-state index in [1.54, 1.807) is 13.8 Å². The lowest BCUT2D eigenvalue weighted by atomic mass is 9.93. The quantitative estimate of drug-likeness (QED) is 0.588. The van der Waals surface area contributed by atoms with Gasteiger partial charge in [-0.15, -0.1) is 0 Å². The average Bonchev–Trinajstić information content (AvgIpc) is 2.69. The number of ketones is 3. The Morgan fingerprint density at radius 2 is 1.66 bits per heavy atom. The number of methoxy groups -OCH3 is 2. The number of fused-ring (bicyclic) bond motifs is 1. The first-order valence-corrected chi connectivity index (χ1v) is 9.49. The van der Waals surface area contributed by atoms with E-state index in [0.717, 1.165) is 0 Å². The van der Waals surface area contributed by atoms with Crippen molar-refractivity contribution in [2.24, 2.45) is 5.92 Å². The van der Waals surface area contributed by atoms with E-state index in [0.29, 0.717) is 5.56 Å². The third-order valence-corrected chi connectivity index (χ3v) is 5.21. The number of phenols is 1. The van der Waals surface area contributed by atoms with E-state index in [1.807, 2.05) is 0 Å². The highest BCUT2D eigenvalue weighted by Crippen LogP contribution is 2.40. The fraction of sp³-hybridized carbons (Fsp3) is 0.524. The van der Waals surface area contributed by atoms with Gasteiger partial charge < -0.3 is 19.3 Å². The third kappa shape index (κ3) is 4.93. The van der Waals surface area contributed by atoms with Gasteiger partial charge in [-0.3, -0.25) is 14.4 Å². The van der Waals surface area contributed by atoms with Gasteiger partial charge in [-0.2, -0.15) is 0 Å². The maximum atomic E-state index is 12.8. The van der Waals surface area contributed by atoms with Crippen molar-refractivity contribution in [3.8, 4) is 17.2 Å². The van der Waals surface area contributed by atoms with Gasteiger partial charge in [0.25, 0.3) is 5.78 Å². The number of cyclic esters (lactones) is 1. The van der Waals surface area contributed by atoms with Crippen molar-refractivity contribution in [3.05, 3.63) is 17.2 Å². The van der Waals surface area contributed by atoms with Crippen LogP contribution >= 0.6 is 0 Å². The van der Waals surface area contributed by atoms with E-state index < -0.39 is 29.4 Å². The van der Waals surface area contributed by atoms with Crippen molar-refractivity contribution < 1.29 is 38.5 Å². The molecule has 0 fully saturated rings. The second kappa shape index (κ2) is 9.54. The summed E-state index contributed by atoms with van der Waals surface area (Å²) >= 11 is 0. The van der Waals surface area contributed by atoms with Crippen LogP contribution in [0.5, 0.6) is 17.2 Å². The molecule has 0 radical (unpaired) electrons. The molecule has 158 valence electrons. The van der Waals surface area contributed by atoms with E-state index in [-0.39, 0.29) is 60.8 Å². The van der Waals surface area contributed by atoms with Crippen molar-refractivity contribution >= 4 is 23.3 Å². The first-order valence-electron chi connectivity index (χ1n) is 9.49. The molecule has 2 atom stereocenters. The molecule has 8 heteroatoms. The standard InChI is InChI=1S/C21H26O8/c1-11-8-9-15(23)19(25)14(22)7-5-6-13-18(21(26)29-12(11)2)16(24)10-17(27-3)20(13)28-4/h10-12,24H,5-9H2,1-4H3/t11-,12-/m0/s1. The van der Waals surface area contributed by atoms with Gasteiger partial charge in [0.1, 0.15) is 17.4 Å². The summed E-state index contributed by atoms with van der Waals surface area (Å²) in [6.07, 6.45) is -0.226. The molecular formula is C21H26O8. The molecule has 8 nitrogen and oxygen atoms in total. The minimum Gasteiger partial charge on any atom is -0.507 e. The van der Waals surface area contributed by atoms with Gasteiger partial charge in [0.15, 0.2) is 11.5 Å². The number of ether oxygens (including phenoxy) is 3. The lowest BCUT2D eigenvalue weighted by Crippen LogP contribution is -2.27. The molecule has 1 aromatic rings. The third-order valence-electron chi connectivity index (χ3n) is 5.21. The number of hydrogen-bond acceptors (Lipinski definition) is 8. The molecule has 0 amide bonds. The molecule has 1 aliphatic rings. The van der Waals surface area contributed by atoms with Crippen LogP contribution in [0.15, 0.2) is 6.07 Å². The summed E-state index contributed by atoms with van der Waals surface area (Å²) in [5, 5.41) is 10.4. The van der Waals surface area contributed by atoms with Gasteiger partial charge in [0, 0.05) is 24.5 Å². The molecule has 1 heterocycles. The average molecular weight is 406 g/mol. The molecule has 1 aromatic carbocycles. The number of Topliss-reactive ketones (excluding diaryl/α,β-unsaturated/α-hetero) is 3. The molecule has 1 N–H and O–H groups in total. The van der Waals surface area contributed by atoms with Crippen LogP contribution in [-0.4, -0.2) is 48.7 Å². The molecule has 0 bridgehead atoms. The summed E-state index contributed by atoms with van der Waals surface area (Å²) in [5.41, 5.74) is 0.256. The summed E-state index contributed by atoms with van der Waals surface area (Å²) in [5.74, 6) is -3.33. The zero-order valence-corrected chi connectivity index (χ0v) is 17.1. The molecule has 0 aromatic heterocycles. The van der Waals surface area contributed by atoms with E-state index in [4.69, 9.17) is 14.2 Å². The highest BCUT2D eigenvalue weighted by molar-refractivity contribution is 6.63. The van der Waals surface area contributed by atoms with E-state index in [2.05, 4.69) is 0 Å². The van der Waals surface area contributed by atoms with Crippen LogP contribution in [0, 0.1) is 5.92 Å². The molecule has 0 spiro atoms. The Kier molecular flexibility index (Phi) is 7.36. The van der Waals surface area contributed by atoms with Crippen molar-refractivity contribution in [1.82, 2.24) is 0 Å². The second-order valence-electron chi connectivity index (χ2n) is 7.14. The van der Waals surface area contributed by atoms with Crippen molar-refractivity contribution in [1.29, 1.82) is 0 Å². The Bertz CT molecular complexity index is 826. The van der Waals surface area contributed by atoms with Gasteiger partial charge >= 0.3 is 5.97 Å². The fourth-order valence-electron chi connectivity index (χ4n) is 3.27. The smallest absolute Gasteiger partial charge is 0.342 e. The van der Waals surface area contributed by atoms with Crippen LogP contribution in [-0.2, 0) is 25.5 Å². The van der Waals surface area contributed by atoms with Gasteiger partial charge in [0.05, 0.1) is 14.2 Å². The van der Waals surface area contributed by atoms with Gasteiger partial charge in [-0.25, -0.2) is 4.79 Å². The fourth-order valence-corrected chi connectivity index (χ4v) is 3.27. The molecule has 0 aliphatic carbocycles. The molecule has 2 rings (SSSR count). The Morgan fingerprint density at radius 1 is 1.00 bits per heavy atom. The Hall–Kier alpha value is -2.90. The van der Waals surface area contributed by atoms with Crippen LogP contribution in [0.2, 0.25) is 0 Å². The molecule has 0 saturated carbocycles. The Morgan fingerprint density at radius 3 is 2.28 bits per heavy atom. The summed E-state index contributed by atoms with van der Waals surface area (Å²) in [6.45, 7) is 3.45. The van der Waals surface area contributed by atoms with Crippen LogP contribution < -0.4 is 9.47 Å². The highest BCUT2D eigenvalue weighted by atomic mass is 16.5. The molecule has 29 heavy (non-hydrogen) atoms. The molecule has 0 saturated heterocycles. The topological polar surface area (TPSA) is 116 Å². The maximum Gasteiger partial charge on any atom is 0.342 e. The van der Waals surface area contributed by atoms with Gasteiger partial charge in [-0.1, -0.05) is 6.92 Å². The summed E-state index contributed by atoms with van der Waals surface area (Å²) in [4.78, 5) is 48.9. The largest absolute Gasteiger partial charge is 0.507 e. The zero-order valence-electron chi connectivity index (χ0n) is 17.1. The zero-order chi connectivity index (χ0) is 21.7. The maximum absolute atomic E-state index is 12.8. The van der Waals surface area contributed by atoms with Crippen LogP contribution in [0.1, 0.15) is 55.5 Å². The highest BCUT2D eigenvalue weighted by Gasteiger charge is 2.30. The van der Waals surface area contributed by atoms with Gasteiger partial charge in [-0.05, 0) is 32.1 Å². The minimum atomic E-state index is -1.00. The van der Waals surface area contributed by atoms with E-state index >= 15 is 0 Å². The predicted octanol–water partition coefficient (Wildman–Crippen LogP) is 2.41. The molecule has 0 unspecified atom stereocenters. The predicted molar refractivity (Wildman–Crippen MR) is 102 cm³/mol. The lowest BCUT2D eigenvalue weighted by molar-refractivity contribution is -0.144. The molecule has 1 aliphatic heterocycles. The van der Waals surface area contributed by atoms with E-state index in [9.17, 15) is 24.3 Å².